The fraction of sp³-hybridized carbons (Fsp3) is 0.929. The van der Waals surface area contributed by atoms with Crippen LogP contribution >= 0.6 is 0 Å². The summed E-state index contributed by atoms with van der Waals surface area (Å²) in [5, 5.41) is 8.20. The minimum atomic E-state index is -3.36. The van der Waals surface area contributed by atoms with Gasteiger partial charge >= 0.3 is 6.09 Å². The van der Waals surface area contributed by atoms with Crippen molar-refractivity contribution in [1.82, 2.24) is 10.2 Å². The zero-order valence-corrected chi connectivity index (χ0v) is 14.6. The molecule has 8 heteroatoms. The molecule has 0 aliphatic carbocycles. The highest BCUT2D eigenvalue weighted by Crippen LogP contribution is 2.19. The molecular weight excluding hydrogens is 306 g/mol. The predicted octanol–water partition coefficient (Wildman–Crippen LogP) is 0.902. The van der Waals surface area contributed by atoms with Crippen LogP contribution in [0.5, 0.6) is 0 Å². The van der Waals surface area contributed by atoms with E-state index in [2.05, 4.69) is 5.32 Å². The van der Waals surface area contributed by atoms with Crippen molar-refractivity contribution >= 4 is 16.1 Å². The van der Waals surface area contributed by atoms with Gasteiger partial charge in [0.25, 0.3) is 0 Å². The van der Waals surface area contributed by atoms with Crippen LogP contribution in [-0.4, -0.2) is 56.9 Å². The van der Waals surface area contributed by atoms with Gasteiger partial charge in [-0.05, 0) is 59.0 Å². The smallest absolute Gasteiger partial charge is 0.410 e. The Morgan fingerprint density at radius 3 is 2.41 bits per heavy atom. The molecule has 1 rings (SSSR count). The average Bonchev–Trinajstić information content (AvgIpc) is 2.35. The van der Waals surface area contributed by atoms with Crippen molar-refractivity contribution in [2.45, 2.75) is 45.6 Å². The number of sulfonamides is 1. The van der Waals surface area contributed by atoms with Crippen molar-refractivity contribution in [3.05, 3.63) is 0 Å². The molecule has 0 saturated carbocycles. The van der Waals surface area contributed by atoms with Crippen LogP contribution in [0.25, 0.3) is 0 Å². The van der Waals surface area contributed by atoms with Crippen molar-refractivity contribution in [3.63, 3.8) is 0 Å². The highest BCUT2D eigenvalue weighted by atomic mass is 32.2. The summed E-state index contributed by atoms with van der Waals surface area (Å²) in [5.41, 5.74) is -0.460. The molecule has 1 aliphatic rings. The molecule has 0 radical (unpaired) electrons. The molecule has 0 bridgehead atoms. The molecule has 1 fully saturated rings. The molecule has 0 atom stereocenters. The zero-order chi connectivity index (χ0) is 16.8. The lowest BCUT2D eigenvalue weighted by Gasteiger charge is -2.33. The lowest BCUT2D eigenvalue weighted by Crippen LogP contribution is -2.43. The van der Waals surface area contributed by atoms with E-state index in [0.717, 1.165) is 19.4 Å². The van der Waals surface area contributed by atoms with Crippen molar-refractivity contribution < 1.29 is 17.9 Å². The van der Waals surface area contributed by atoms with E-state index in [1.54, 1.807) is 4.90 Å². The number of hydrogen-bond donors (Lipinski definition) is 2. The SMILES string of the molecule is CC(C)(C)OC(=O)N1CCC(CNCCCS(N)(=O)=O)CC1. The maximum Gasteiger partial charge on any atom is 0.410 e. The van der Waals surface area contributed by atoms with E-state index in [-0.39, 0.29) is 11.8 Å². The average molecular weight is 335 g/mol. The summed E-state index contributed by atoms with van der Waals surface area (Å²) in [4.78, 5) is 13.7. The van der Waals surface area contributed by atoms with Crippen LogP contribution in [0.4, 0.5) is 4.79 Å². The van der Waals surface area contributed by atoms with Crippen molar-refractivity contribution in [2.75, 3.05) is 31.9 Å². The first kappa shape index (κ1) is 19.2. The third-order valence-electron chi connectivity index (χ3n) is 3.48. The number of rotatable bonds is 6. The summed E-state index contributed by atoms with van der Waals surface area (Å²) >= 11 is 0. The van der Waals surface area contributed by atoms with E-state index in [9.17, 15) is 13.2 Å². The third-order valence-corrected chi connectivity index (χ3v) is 4.34. The fourth-order valence-electron chi connectivity index (χ4n) is 2.35. The Balaban J connectivity index is 2.16. The molecule has 0 spiro atoms. The molecule has 1 heterocycles. The second-order valence-electron chi connectivity index (χ2n) is 6.84. The largest absolute Gasteiger partial charge is 0.444 e. The molecule has 0 aromatic heterocycles. The van der Waals surface area contributed by atoms with Gasteiger partial charge in [0, 0.05) is 13.1 Å². The maximum absolute atomic E-state index is 11.9. The number of hydrogen-bond acceptors (Lipinski definition) is 5. The van der Waals surface area contributed by atoms with Gasteiger partial charge in [0.1, 0.15) is 5.60 Å². The highest BCUT2D eigenvalue weighted by Gasteiger charge is 2.26. The van der Waals surface area contributed by atoms with Gasteiger partial charge in [-0.25, -0.2) is 18.4 Å². The van der Waals surface area contributed by atoms with Crippen molar-refractivity contribution in [3.8, 4) is 0 Å². The number of amides is 1. The number of carbonyl (C=O) groups is 1. The number of piperidine rings is 1. The quantitative estimate of drug-likeness (QED) is 0.702. The van der Waals surface area contributed by atoms with Crippen LogP contribution in [0.1, 0.15) is 40.0 Å². The van der Waals surface area contributed by atoms with Gasteiger partial charge in [-0.3, -0.25) is 0 Å². The minimum absolute atomic E-state index is 0.0110. The van der Waals surface area contributed by atoms with Crippen molar-refractivity contribution in [2.24, 2.45) is 11.1 Å². The normalized spacial score (nSPS) is 17.5. The summed E-state index contributed by atoms with van der Waals surface area (Å²) in [6.07, 6.45) is 2.14. The summed E-state index contributed by atoms with van der Waals surface area (Å²) in [6.45, 7) is 8.49. The van der Waals surface area contributed by atoms with E-state index in [1.165, 1.54) is 0 Å². The van der Waals surface area contributed by atoms with E-state index < -0.39 is 15.6 Å². The topological polar surface area (TPSA) is 102 Å². The molecule has 1 aliphatic heterocycles. The van der Waals surface area contributed by atoms with E-state index in [0.29, 0.717) is 32.0 Å². The van der Waals surface area contributed by atoms with Gasteiger partial charge in [0.15, 0.2) is 0 Å². The first-order valence-corrected chi connectivity index (χ1v) is 9.47. The second kappa shape index (κ2) is 8.12. The highest BCUT2D eigenvalue weighted by molar-refractivity contribution is 7.89. The minimum Gasteiger partial charge on any atom is -0.444 e. The Kier molecular flexibility index (Phi) is 7.08. The summed E-state index contributed by atoms with van der Waals surface area (Å²) in [6, 6.07) is 0. The van der Waals surface area contributed by atoms with Crippen LogP contribution < -0.4 is 10.5 Å². The number of likely N-dealkylation sites (tertiary alicyclic amines) is 1. The number of nitrogens with one attached hydrogen (secondary N) is 1. The van der Waals surface area contributed by atoms with Gasteiger partial charge in [-0.2, -0.15) is 0 Å². The number of carbonyl (C=O) groups excluding carboxylic acids is 1. The van der Waals surface area contributed by atoms with Gasteiger partial charge in [0.2, 0.25) is 10.0 Å². The Hall–Kier alpha value is -0.860. The van der Waals surface area contributed by atoms with Gasteiger partial charge in [-0.15, -0.1) is 0 Å². The second-order valence-corrected chi connectivity index (χ2v) is 8.57. The number of nitrogens with zero attached hydrogens (tertiary/aromatic N) is 1. The van der Waals surface area contributed by atoms with Gasteiger partial charge in [0.05, 0.1) is 5.75 Å². The number of ether oxygens (including phenoxy) is 1. The maximum atomic E-state index is 11.9. The van der Waals surface area contributed by atoms with E-state index >= 15 is 0 Å². The number of nitrogens with two attached hydrogens (primary N) is 1. The van der Waals surface area contributed by atoms with Crippen molar-refractivity contribution in [1.29, 1.82) is 0 Å². The van der Waals surface area contributed by atoms with Crippen LogP contribution in [0, 0.1) is 5.92 Å². The Morgan fingerprint density at radius 1 is 1.32 bits per heavy atom. The zero-order valence-electron chi connectivity index (χ0n) is 13.8. The van der Waals surface area contributed by atoms with Crippen LogP contribution in [0.2, 0.25) is 0 Å². The molecule has 0 aromatic rings. The predicted molar refractivity (Wildman–Crippen MR) is 86.0 cm³/mol. The van der Waals surface area contributed by atoms with Crippen LogP contribution in [0.15, 0.2) is 0 Å². The first-order chi connectivity index (χ1) is 10.1. The van der Waals surface area contributed by atoms with Crippen LogP contribution in [-0.2, 0) is 14.8 Å². The molecule has 3 N–H and O–H groups in total. The standard InChI is InChI=1S/C14H29N3O4S/c1-14(2,3)21-13(18)17-8-5-12(6-9-17)11-16-7-4-10-22(15,19)20/h12,16H,4-11H2,1-3H3,(H2,15,19,20). The van der Waals surface area contributed by atoms with E-state index in [1.807, 2.05) is 20.8 Å². The molecule has 1 amide bonds. The lowest BCUT2D eigenvalue weighted by atomic mass is 9.97. The van der Waals surface area contributed by atoms with Crippen LogP contribution in [0.3, 0.4) is 0 Å². The summed E-state index contributed by atoms with van der Waals surface area (Å²) in [5.74, 6) is 0.519. The molecule has 0 aromatic carbocycles. The Morgan fingerprint density at radius 2 is 1.91 bits per heavy atom. The molecule has 0 unspecified atom stereocenters. The monoisotopic (exact) mass is 335 g/mol. The molecule has 22 heavy (non-hydrogen) atoms. The van der Waals surface area contributed by atoms with Gasteiger partial charge in [-0.1, -0.05) is 0 Å². The third kappa shape index (κ3) is 8.55. The molecule has 130 valence electrons. The molecule has 1 saturated heterocycles. The first-order valence-electron chi connectivity index (χ1n) is 7.76. The summed E-state index contributed by atoms with van der Waals surface area (Å²) in [7, 11) is -3.36. The Labute approximate surface area is 133 Å². The Bertz CT molecular complexity index is 451. The number of primary sulfonamides is 1. The van der Waals surface area contributed by atoms with E-state index in [4.69, 9.17) is 9.88 Å². The molecular formula is C14H29N3O4S. The van der Waals surface area contributed by atoms with Gasteiger partial charge < -0.3 is 15.0 Å². The molecule has 7 nitrogen and oxygen atoms in total. The summed E-state index contributed by atoms with van der Waals surface area (Å²) < 4.78 is 27.0. The lowest BCUT2D eigenvalue weighted by molar-refractivity contribution is 0.0184. The fourth-order valence-corrected chi connectivity index (χ4v) is 2.90.